The molecule has 0 fully saturated rings. The van der Waals surface area contributed by atoms with Gasteiger partial charge in [-0.1, -0.05) is 17.3 Å². The first-order valence-corrected chi connectivity index (χ1v) is 7.53. The normalized spacial score (nSPS) is 12.4. The minimum atomic E-state index is 0.131. The van der Waals surface area contributed by atoms with E-state index in [1.807, 2.05) is 31.2 Å². The van der Waals surface area contributed by atoms with Crippen molar-refractivity contribution in [3.05, 3.63) is 49.2 Å². The van der Waals surface area contributed by atoms with Gasteiger partial charge >= 0.3 is 0 Å². The lowest BCUT2D eigenvalue weighted by Gasteiger charge is -2.12. The fourth-order valence-electron chi connectivity index (χ4n) is 2.37. The summed E-state index contributed by atoms with van der Waals surface area (Å²) in [5, 5.41) is 15.6. The third-order valence-electron chi connectivity index (χ3n) is 3.65. The molecule has 4 rings (SSSR count). The molecule has 9 nitrogen and oxygen atoms in total. The maximum absolute atomic E-state index is 4.51. The zero-order valence-corrected chi connectivity index (χ0v) is 13.0. The van der Waals surface area contributed by atoms with Gasteiger partial charge in [0.15, 0.2) is 5.82 Å². The Morgan fingerprint density at radius 1 is 1.21 bits per heavy atom. The number of hydrogen-bond donors (Lipinski definition) is 1. The second kappa shape index (κ2) is 6.03. The highest BCUT2D eigenvalue weighted by atomic mass is 15.4. The summed E-state index contributed by atoms with van der Waals surface area (Å²) in [5.74, 6) is 1.19. The van der Waals surface area contributed by atoms with Crippen molar-refractivity contribution in [2.24, 2.45) is 0 Å². The van der Waals surface area contributed by atoms with E-state index in [-0.39, 0.29) is 6.04 Å². The lowest BCUT2D eigenvalue weighted by Crippen LogP contribution is -2.18. The van der Waals surface area contributed by atoms with E-state index in [0.29, 0.717) is 18.3 Å². The van der Waals surface area contributed by atoms with Gasteiger partial charge in [-0.3, -0.25) is 0 Å². The van der Waals surface area contributed by atoms with Crippen LogP contribution in [-0.2, 0) is 0 Å². The van der Waals surface area contributed by atoms with Gasteiger partial charge in [0, 0.05) is 18.8 Å². The molecule has 120 valence electrons. The molecular formula is C15H15N9. The van der Waals surface area contributed by atoms with Gasteiger partial charge in [0.25, 0.3) is 0 Å². The molecule has 1 aromatic carbocycles. The van der Waals surface area contributed by atoms with Crippen LogP contribution in [0.15, 0.2) is 49.2 Å². The highest BCUT2D eigenvalue weighted by molar-refractivity contribution is 5.75. The Balaban J connectivity index is 1.55. The molecule has 0 radical (unpaired) electrons. The average Bonchev–Trinajstić information content (AvgIpc) is 3.29. The molecular weight excluding hydrogens is 306 g/mol. The molecule has 0 spiro atoms. The minimum absolute atomic E-state index is 0.131. The maximum Gasteiger partial charge on any atom is 0.224 e. The van der Waals surface area contributed by atoms with E-state index in [1.54, 1.807) is 28.0 Å². The van der Waals surface area contributed by atoms with Crippen molar-refractivity contribution in [1.29, 1.82) is 0 Å². The number of nitrogens with zero attached hydrogens (tertiary/aromatic N) is 8. The van der Waals surface area contributed by atoms with Gasteiger partial charge in [-0.05, 0) is 19.1 Å². The van der Waals surface area contributed by atoms with E-state index < -0.39 is 0 Å². The molecule has 0 saturated heterocycles. The van der Waals surface area contributed by atoms with Crippen LogP contribution < -0.4 is 5.32 Å². The average molecular weight is 321 g/mol. The highest BCUT2D eigenvalue weighted by Crippen LogP contribution is 2.15. The van der Waals surface area contributed by atoms with E-state index in [1.165, 1.54) is 6.33 Å². The van der Waals surface area contributed by atoms with Crippen molar-refractivity contribution >= 4 is 17.0 Å². The topological polar surface area (TPSA) is 99.2 Å². The monoisotopic (exact) mass is 321 g/mol. The smallest absolute Gasteiger partial charge is 0.224 e. The van der Waals surface area contributed by atoms with Crippen molar-refractivity contribution < 1.29 is 0 Å². The Bertz CT molecular complexity index is 944. The number of hydrogen-bond acceptors (Lipinski definition) is 7. The SMILES string of the molecule is C[C@@H](CNc1nccc(-n2nnc3ccccc32)n1)n1cncn1. The van der Waals surface area contributed by atoms with Gasteiger partial charge in [-0.25, -0.2) is 14.6 Å². The second-order valence-corrected chi connectivity index (χ2v) is 5.33. The molecule has 0 bridgehead atoms. The molecule has 24 heavy (non-hydrogen) atoms. The molecule has 3 aromatic heterocycles. The number of anilines is 1. The summed E-state index contributed by atoms with van der Waals surface area (Å²) in [6.07, 6.45) is 4.90. The van der Waals surface area contributed by atoms with Crippen molar-refractivity contribution in [2.45, 2.75) is 13.0 Å². The highest BCUT2D eigenvalue weighted by Gasteiger charge is 2.09. The van der Waals surface area contributed by atoms with Crippen molar-refractivity contribution in [3.63, 3.8) is 0 Å². The Kier molecular flexibility index (Phi) is 3.58. The fraction of sp³-hybridized carbons (Fsp3) is 0.200. The van der Waals surface area contributed by atoms with Gasteiger partial charge in [0.05, 0.1) is 11.6 Å². The van der Waals surface area contributed by atoms with Crippen molar-refractivity contribution in [3.8, 4) is 5.82 Å². The first-order chi connectivity index (χ1) is 11.8. The largest absolute Gasteiger partial charge is 0.352 e. The fourth-order valence-corrected chi connectivity index (χ4v) is 2.37. The Morgan fingerprint density at radius 2 is 2.12 bits per heavy atom. The van der Waals surface area contributed by atoms with E-state index in [4.69, 9.17) is 0 Å². The molecule has 1 N–H and O–H groups in total. The number of para-hydroxylation sites is 1. The predicted molar refractivity (Wildman–Crippen MR) is 87.7 cm³/mol. The van der Waals surface area contributed by atoms with E-state index in [9.17, 15) is 0 Å². The molecule has 0 aliphatic rings. The number of aromatic nitrogens is 8. The summed E-state index contributed by atoms with van der Waals surface area (Å²) in [4.78, 5) is 12.7. The number of nitrogens with one attached hydrogen (secondary N) is 1. The minimum Gasteiger partial charge on any atom is -0.352 e. The van der Waals surface area contributed by atoms with Gasteiger partial charge in [0.2, 0.25) is 5.95 Å². The van der Waals surface area contributed by atoms with Crippen LogP contribution in [0.4, 0.5) is 5.95 Å². The van der Waals surface area contributed by atoms with Gasteiger partial charge < -0.3 is 5.32 Å². The lowest BCUT2D eigenvalue weighted by atomic mass is 10.3. The van der Waals surface area contributed by atoms with Crippen LogP contribution >= 0.6 is 0 Å². The number of benzene rings is 1. The first-order valence-electron chi connectivity index (χ1n) is 7.53. The third kappa shape index (κ3) is 2.67. The van der Waals surface area contributed by atoms with Crippen LogP contribution in [0.25, 0.3) is 16.9 Å². The molecule has 0 aliphatic carbocycles. The zero-order chi connectivity index (χ0) is 16.4. The summed E-state index contributed by atoms with van der Waals surface area (Å²) in [6, 6.07) is 9.68. The Labute approximate surface area is 137 Å². The molecule has 0 amide bonds. The molecule has 0 saturated carbocycles. The van der Waals surface area contributed by atoms with Crippen molar-refractivity contribution in [1.82, 2.24) is 39.7 Å². The van der Waals surface area contributed by atoms with E-state index in [0.717, 1.165) is 11.0 Å². The van der Waals surface area contributed by atoms with Gasteiger partial charge in [0.1, 0.15) is 18.2 Å². The van der Waals surface area contributed by atoms with Crippen molar-refractivity contribution in [2.75, 3.05) is 11.9 Å². The maximum atomic E-state index is 4.51. The summed E-state index contributed by atoms with van der Waals surface area (Å²) < 4.78 is 3.48. The molecule has 9 heteroatoms. The summed E-state index contributed by atoms with van der Waals surface area (Å²) in [7, 11) is 0. The van der Waals surface area contributed by atoms with Crippen LogP contribution in [0.3, 0.4) is 0 Å². The first kappa shape index (κ1) is 14.2. The Hall–Kier alpha value is -3.36. The summed E-state index contributed by atoms with van der Waals surface area (Å²) in [5.41, 5.74) is 1.73. The van der Waals surface area contributed by atoms with Crippen LogP contribution in [0, 0.1) is 0 Å². The van der Waals surface area contributed by atoms with E-state index in [2.05, 4.69) is 35.7 Å². The van der Waals surface area contributed by atoms with Crippen LogP contribution in [-0.4, -0.2) is 46.3 Å². The van der Waals surface area contributed by atoms with Gasteiger partial charge in [-0.2, -0.15) is 14.8 Å². The predicted octanol–water partition coefficient (Wildman–Crippen LogP) is 1.48. The second-order valence-electron chi connectivity index (χ2n) is 5.33. The van der Waals surface area contributed by atoms with Crippen LogP contribution in [0.1, 0.15) is 13.0 Å². The lowest BCUT2D eigenvalue weighted by molar-refractivity contribution is 0.510. The summed E-state index contributed by atoms with van der Waals surface area (Å²) in [6.45, 7) is 2.67. The molecule has 4 aromatic rings. The van der Waals surface area contributed by atoms with Crippen LogP contribution in [0.2, 0.25) is 0 Å². The van der Waals surface area contributed by atoms with Crippen LogP contribution in [0.5, 0.6) is 0 Å². The molecule has 0 aliphatic heterocycles. The van der Waals surface area contributed by atoms with Gasteiger partial charge in [-0.15, -0.1) is 5.10 Å². The summed E-state index contributed by atoms with van der Waals surface area (Å²) >= 11 is 0. The van der Waals surface area contributed by atoms with E-state index >= 15 is 0 Å². The zero-order valence-electron chi connectivity index (χ0n) is 13.0. The standard InChI is InChI=1S/C15H15N9/c1-11(23-10-16-9-19-23)8-18-15-17-7-6-14(20-15)24-13-5-3-2-4-12(13)21-22-24/h2-7,9-11H,8H2,1H3,(H,17,18,20)/t11-/m0/s1. The quantitative estimate of drug-likeness (QED) is 0.594. The molecule has 3 heterocycles. The Morgan fingerprint density at radius 3 is 3.00 bits per heavy atom. The third-order valence-corrected chi connectivity index (χ3v) is 3.65. The number of rotatable bonds is 5. The number of fused-ring (bicyclic) bond motifs is 1. The molecule has 1 atom stereocenters. The molecule has 0 unspecified atom stereocenters.